The molecule has 0 fully saturated rings. The van der Waals surface area contributed by atoms with E-state index in [2.05, 4.69) is 9.97 Å². The smallest absolute Gasteiger partial charge is 0.376 e. The van der Waals surface area contributed by atoms with Crippen molar-refractivity contribution in [1.82, 2.24) is 9.97 Å². The number of hydrogen-bond acceptors (Lipinski definition) is 4. The Labute approximate surface area is 104 Å². The maximum absolute atomic E-state index is 11.5. The minimum absolute atomic E-state index is 0.00629. The Bertz CT molecular complexity index is 584. The number of esters is 1. The molecular weight excluding hydrogens is 240 g/mol. The van der Waals surface area contributed by atoms with Crippen molar-refractivity contribution < 1.29 is 9.53 Å². The van der Waals surface area contributed by atoms with Gasteiger partial charge in [-0.25, -0.2) is 14.8 Å². The van der Waals surface area contributed by atoms with Gasteiger partial charge in [0.15, 0.2) is 0 Å². The molecule has 1 aromatic carbocycles. The number of hydrogen-bond donors (Lipinski definition) is 0. The van der Waals surface area contributed by atoms with Crippen LogP contribution in [0.2, 0.25) is 5.15 Å². The molecule has 0 bridgehead atoms. The topological polar surface area (TPSA) is 52.1 Å². The van der Waals surface area contributed by atoms with Gasteiger partial charge in [-0.05, 0) is 26.0 Å². The van der Waals surface area contributed by atoms with Crippen LogP contribution in [0.3, 0.4) is 0 Å². The van der Waals surface area contributed by atoms with Gasteiger partial charge in [0, 0.05) is 5.39 Å². The molecule has 0 saturated heterocycles. The fourth-order valence-corrected chi connectivity index (χ4v) is 1.72. The number of halogens is 1. The van der Waals surface area contributed by atoms with Gasteiger partial charge in [-0.1, -0.05) is 23.2 Å². The lowest BCUT2D eigenvalue weighted by Gasteiger charge is -2.04. The van der Waals surface area contributed by atoms with E-state index in [0.717, 1.165) is 10.9 Å². The molecule has 5 heteroatoms. The third kappa shape index (κ3) is 2.36. The van der Waals surface area contributed by atoms with Crippen molar-refractivity contribution in [2.45, 2.75) is 13.8 Å². The zero-order valence-corrected chi connectivity index (χ0v) is 10.3. The van der Waals surface area contributed by atoms with E-state index < -0.39 is 5.97 Å². The number of carbonyl (C=O) groups is 1. The van der Waals surface area contributed by atoms with Gasteiger partial charge in [0.25, 0.3) is 0 Å². The second-order valence-corrected chi connectivity index (χ2v) is 3.94. The molecule has 0 saturated carbocycles. The van der Waals surface area contributed by atoms with E-state index in [0.29, 0.717) is 5.52 Å². The molecular formula is C12H11ClN2O2. The third-order valence-electron chi connectivity index (χ3n) is 2.26. The molecule has 0 unspecified atom stereocenters. The SMILES string of the molecule is CCOC(=O)c1nc(Cl)c2cc(C)ccc2n1. The Hall–Kier alpha value is -1.68. The van der Waals surface area contributed by atoms with Gasteiger partial charge < -0.3 is 4.74 Å². The van der Waals surface area contributed by atoms with Crippen molar-refractivity contribution in [3.8, 4) is 0 Å². The van der Waals surface area contributed by atoms with Crippen LogP contribution in [-0.2, 0) is 4.74 Å². The predicted molar refractivity (Wildman–Crippen MR) is 65.2 cm³/mol. The molecule has 0 aliphatic carbocycles. The summed E-state index contributed by atoms with van der Waals surface area (Å²) in [7, 11) is 0. The fraction of sp³-hybridized carbons (Fsp3) is 0.250. The van der Waals surface area contributed by atoms with Gasteiger partial charge in [0.1, 0.15) is 5.15 Å². The van der Waals surface area contributed by atoms with E-state index in [9.17, 15) is 4.79 Å². The summed E-state index contributed by atoms with van der Waals surface area (Å²) < 4.78 is 4.83. The van der Waals surface area contributed by atoms with Crippen LogP contribution in [0.25, 0.3) is 10.9 Å². The molecule has 2 aromatic rings. The first-order chi connectivity index (χ1) is 8.11. The summed E-state index contributed by atoms with van der Waals surface area (Å²) in [6.45, 7) is 3.96. The molecule has 0 atom stereocenters. The van der Waals surface area contributed by atoms with E-state index in [-0.39, 0.29) is 17.6 Å². The Morgan fingerprint density at radius 3 is 2.88 bits per heavy atom. The quantitative estimate of drug-likeness (QED) is 0.608. The summed E-state index contributed by atoms with van der Waals surface area (Å²) in [5.41, 5.74) is 1.70. The highest BCUT2D eigenvalue weighted by Gasteiger charge is 2.13. The van der Waals surface area contributed by atoms with E-state index in [1.165, 1.54) is 0 Å². The number of rotatable bonds is 2. The molecule has 0 amide bonds. The average molecular weight is 251 g/mol. The van der Waals surface area contributed by atoms with E-state index in [1.807, 2.05) is 19.1 Å². The summed E-state index contributed by atoms with van der Waals surface area (Å²) in [4.78, 5) is 19.6. The highest BCUT2D eigenvalue weighted by atomic mass is 35.5. The summed E-state index contributed by atoms with van der Waals surface area (Å²) >= 11 is 6.02. The van der Waals surface area contributed by atoms with Crippen LogP contribution < -0.4 is 0 Å². The van der Waals surface area contributed by atoms with E-state index in [4.69, 9.17) is 16.3 Å². The van der Waals surface area contributed by atoms with Crippen molar-refractivity contribution in [1.29, 1.82) is 0 Å². The molecule has 1 aromatic heterocycles. The second-order valence-electron chi connectivity index (χ2n) is 3.58. The summed E-state index contributed by atoms with van der Waals surface area (Å²) in [5.74, 6) is -0.565. The maximum Gasteiger partial charge on any atom is 0.376 e. The monoisotopic (exact) mass is 250 g/mol. The first-order valence-corrected chi connectivity index (χ1v) is 5.60. The van der Waals surface area contributed by atoms with Crippen LogP contribution in [0.1, 0.15) is 23.1 Å². The molecule has 0 N–H and O–H groups in total. The minimum Gasteiger partial charge on any atom is -0.460 e. The maximum atomic E-state index is 11.5. The number of aromatic nitrogens is 2. The molecule has 88 valence electrons. The molecule has 1 heterocycles. The van der Waals surface area contributed by atoms with Gasteiger partial charge in [-0.3, -0.25) is 0 Å². The molecule has 0 aliphatic heterocycles. The van der Waals surface area contributed by atoms with Crippen LogP contribution in [0, 0.1) is 6.92 Å². The van der Waals surface area contributed by atoms with Crippen molar-refractivity contribution in [2.75, 3.05) is 6.61 Å². The number of fused-ring (bicyclic) bond motifs is 1. The second kappa shape index (κ2) is 4.67. The molecule has 17 heavy (non-hydrogen) atoms. The lowest BCUT2D eigenvalue weighted by atomic mass is 10.2. The Balaban J connectivity index is 2.56. The summed E-state index contributed by atoms with van der Waals surface area (Å²) in [6.07, 6.45) is 0. The third-order valence-corrected chi connectivity index (χ3v) is 2.55. The van der Waals surface area contributed by atoms with Crippen LogP contribution >= 0.6 is 11.6 Å². The van der Waals surface area contributed by atoms with Gasteiger partial charge in [-0.15, -0.1) is 0 Å². The first kappa shape index (κ1) is 11.8. The molecule has 2 rings (SSSR count). The lowest BCUT2D eigenvalue weighted by molar-refractivity contribution is 0.0512. The molecule has 0 radical (unpaired) electrons. The first-order valence-electron chi connectivity index (χ1n) is 5.23. The number of aryl methyl sites for hydroxylation is 1. The normalized spacial score (nSPS) is 10.5. The number of nitrogens with zero attached hydrogens (tertiary/aromatic N) is 2. The number of ether oxygens (including phenoxy) is 1. The average Bonchev–Trinajstić information content (AvgIpc) is 2.30. The van der Waals surface area contributed by atoms with Crippen LogP contribution in [0.4, 0.5) is 0 Å². The Kier molecular flexibility index (Phi) is 3.24. The molecule has 4 nitrogen and oxygen atoms in total. The predicted octanol–water partition coefficient (Wildman–Crippen LogP) is 2.77. The molecule has 0 spiro atoms. The van der Waals surface area contributed by atoms with Crippen molar-refractivity contribution in [2.24, 2.45) is 0 Å². The highest BCUT2D eigenvalue weighted by molar-refractivity contribution is 6.34. The largest absolute Gasteiger partial charge is 0.460 e. The van der Waals surface area contributed by atoms with Crippen LogP contribution in [-0.4, -0.2) is 22.5 Å². The number of benzene rings is 1. The van der Waals surface area contributed by atoms with E-state index in [1.54, 1.807) is 13.0 Å². The van der Waals surface area contributed by atoms with Gasteiger partial charge >= 0.3 is 5.97 Å². The van der Waals surface area contributed by atoms with E-state index >= 15 is 0 Å². The minimum atomic E-state index is -0.558. The molecule has 0 aliphatic rings. The standard InChI is InChI=1S/C12H11ClN2O2/c1-3-17-12(16)11-14-9-5-4-7(2)6-8(9)10(13)15-11/h4-6H,3H2,1-2H3. The summed E-state index contributed by atoms with van der Waals surface area (Å²) in [6, 6.07) is 5.59. The van der Waals surface area contributed by atoms with Gasteiger partial charge in [0.2, 0.25) is 5.82 Å². The van der Waals surface area contributed by atoms with Gasteiger partial charge in [0.05, 0.1) is 12.1 Å². The lowest BCUT2D eigenvalue weighted by Crippen LogP contribution is -2.10. The zero-order valence-electron chi connectivity index (χ0n) is 9.53. The number of carbonyl (C=O) groups excluding carboxylic acids is 1. The zero-order chi connectivity index (χ0) is 12.4. The van der Waals surface area contributed by atoms with Crippen LogP contribution in [0.15, 0.2) is 18.2 Å². The highest BCUT2D eigenvalue weighted by Crippen LogP contribution is 2.21. The van der Waals surface area contributed by atoms with Gasteiger partial charge in [-0.2, -0.15) is 0 Å². The van der Waals surface area contributed by atoms with Crippen molar-refractivity contribution >= 4 is 28.5 Å². The van der Waals surface area contributed by atoms with Crippen molar-refractivity contribution in [3.63, 3.8) is 0 Å². The Morgan fingerprint density at radius 2 is 2.18 bits per heavy atom. The fourth-order valence-electron chi connectivity index (χ4n) is 1.49. The van der Waals surface area contributed by atoms with Crippen LogP contribution in [0.5, 0.6) is 0 Å². The van der Waals surface area contributed by atoms with Crippen molar-refractivity contribution in [3.05, 3.63) is 34.7 Å². The Morgan fingerprint density at radius 1 is 1.41 bits per heavy atom. The summed E-state index contributed by atoms with van der Waals surface area (Å²) in [5, 5.41) is 1.00.